The Balaban J connectivity index is 1.61. The summed E-state index contributed by atoms with van der Waals surface area (Å²) in [5, 5.41) is 0.950. The van der Waals surface area contributed by atoms with Crippen LogP contribution in [0.25, 0.3) is 17.0 Å². The number of hydrogen-bond acceptors (Lipinski definition) is 6. The summed E-state index contributed by atoms with van der Waals surface area (Å²) in [5.74, 6) is 1.11. The molecule has 7 nitrogen and oxygen atoms in total. The molecule has 0 amide bonds. The average Bonchev–Trinajstić information content (AvgIpc) is 3.28. The number of Topliss-reactive ketones (excluding diaryl/α,β-unsaturated/α-hetero) is 1. The minimum Gasteiger partial charge on any atom is -0.497 e. The highest BCUT2D eigenvalue weighted by Gasteiger charge is 2.30. The molecule has 7 heteroatoms. The summed E-state index contributed by atoms with van der Waals surface area (Å²) < 4.78 is 23.7. The highest BCUT2D eigenvalue weighted by molar-refractivity contribution is 6.15. The van der Waals surface area contributed by atoms with Crippen molar-refractivity contribution in [3.63, 3.8) is 0 Å². The Kier molecular flexibility index (Phi) is 5.73. The van der Waals surface area contributed by atoms with Gasteiger partial charge in [0.1, 0.15) is 23.9 Å². The van der Waals surface area contributed by atoms with Crippen molar-refractivity contribution in [1.29, 1.82) is 0 Å². The molecule has 1 aliphatic rings. The Bertz CT molecular complexity index is 1270. The second-order valence-electron chi connectivity index (χ2n) is 7.34. The maximum atomic E-state index is 13.0. The van der Waals surface area contributed by atoms with E-state index in [4.69, 9.17) is 18.9 Å². The van der Waals surface area contributed by atoms with Gasteiger partial charge in [-0.3, -0.25) is 4.79 Å². The van der Waals surface area contributed by atoms with Crippen LogP contribution in [0, 0.1) is 6.92 Å². The molecule has 164 valence electrons. The lowest BCUT2D eigenvalue weighted by atomic mass is 10.1. The fourth-order valence-corrected chi connectivity index (χ4v) is 3.64. The van der Waals surface area contributed by atoms with E-state index in [1.165, 1.54) is 6.08 Å². The Morgan fingerprint density at radius 3 is 2.81 bits per heavy atom. The molecule has 0 saturated carbocycles. The van der Waals surface area contributed by atoms with Crippen LogP contribution in [0.5, 0.6) is 17.2 Å². The largest absolute Gasteiger partial charge is 0.497 e. The molecule has 0 N–H and O–H groups in total. The molecule has 32 heavy (non-hydrogen) atoms. The van der Waals surface area contributed by atoms with E-state index < -0.39 is 5.97 Å². The van der Waals surface area contributed by atoms with Gasteiger partial charge in [0.25, 0.3) is 0 Å². The van der Waals surface area contributed by atoms with E-state index in [0.717, 1.165) is 22.2 Å². The highest BCUT2D eigenvalue weighted by Crippen LogP contribution is 2.40. The second kappa shape index (κ2) is 8.63. The van der Waals surface area contributed by atoms with Crippen LogP contribution < -0.4 is 14.2 Å². The van der Waals surface area contributed by atoms with Crippen molar-refractivity contribution in [2.75, 3.05) is 20.3 Å². The lowest BCUT2D eigenvalue weighted by molar-refractivity contribution is -0.144. The Hall–Kier alpha value is -4.00. The summed E-state index contributed by atoms with van der Waals surface area (Å²) in [5.41, 5.74) is 2.94. The number of ketones is 1. The predicted octanol–water partition coefficient (Wildman–Crippen LogP) is 4.22. The zero-order chi connectivity index (χ0) is 22.8. The fourth-order valence-electron chi connectivity index (χ4n) is 3.64. The number of aryl methyl sites for hydroxylation is 1. The van der Waals surface area contributed by atoms with E-state index in [2.05, 4.69) is 6.58 Å². The number of hydrogen-bond donors (Lipinski definition) is 0. The normalized spacial score (nSPS) is 13.7. The number of allylic oxidation sites excluding steroid dienone is 1. The van der Waals surface area contributed by atoms with Crippen molar-refractivity contribution in [1.82, 2.24) is 4.57 Å². The number of carbonyl (C=O) groups is 2. The van der Waals surface area contributed by atoms with Crippen LogP contribution in [0.3, 0.4) is 0 Å². The quantitative estimate of drug-likeness (QED) is 0.316. The SMILES string of the molecule is C=CCOC(=O)COc1ccc2c(c1C)O/C(=C\c1cn(C)c3ccc(OC)cc13)C2=O. The predicted molar refractivity (Wildman–Crippen MR) is 120 cm³/mol. The van der Waals surface area contributed by atoms with E-state index in [0.29, 0.717) is 22.6 Å². The van der Waals surface area contributed by atoms with Crippen LogP contribution >= 0.6 is 0 Å². The van der Waals surface area contributed by atoms with Crippen LogP contribution in [-0.2, 0) is 16.6 Å². The van der Waals surface area contributed by atoms with Gasteiger partial charge in [-0.1, -0.05) is 12.7 Å². The molecule has 0 spiro atoms. The van der Waals surface area contributed by atoms with Gasteiger partial charge in [0.05, 0.1) is 12.7 Å². The topological polar surface area (TPSA) is 76.0 Å². The summed E-state index contributed by atoms with van der Waals surface area (Å²) in [6.07, 6.45) is 5.15. The van der Waals surface area contributed by atoms with E-state index in [-0.39, 0.29) is 24.8 Å². The number of carbonyl (C=O) groups excluding carboxylic acids is 2. The molecule has 0 bridgehead atoms. The molecule has 4 rings (SSSR count). The molecule has 0 radical (unpaired) electrons. The van der Waals surface area contributed by atoms with Gasteiger partial charge in [-0.05, 0) is 43.3 Å². The smallest absolute Gasteiger partial charge is 0.344 e. The molecular formula is C25H23NO6. The number of rotatable bonds is 7. The van der Waals surface area contributed by atoms with Crippen LogP contribution in [0.15, 0.2) is 54.9 Å². The van der Waals surface area contributed by atoms with Gasteiger partial charge < -0.3 is 23.5 Å². The highest BCUT2D eigenvalue weighted by atomic mass is 16.6. The molecule has 1 aromatic heterocycles. The summed E-state index contributed by atoms with van der Waals surface area (Å²) in [6, 6.07) is 9.08. The van der Waals surface area contributed by atoms with Crippen LogP contribution in [0.2, 0.25) is 0 Å². The summed E-state index contributed by atoms with van der Waals surface area (Å²) in [7, 11) is 3.56. The Morgan fingerprint density at radius 2 is 2.06 bits per heavy atom. The maximum Gasteiger partial charge on any atom is 0.344 e. The number of methoxy groups -OCH3 is 1. The molecule has 0 fully saturated rings. The summed E-state index contributed by atoms with van der Waals surface area (Å²) in [6.45, 7) is 5.15. The monoisotopic (exact) mass is 433 g/mol. The average molecular weight is 433 g/mol. The van der Waals surface area contributed by atoms with Crippen LogP contribution in [0.1, 0.15) is 21.5 Å². The number of nitrogens with zero attached hydrogens (tertiary/aromatic N) is 1. The Labute approximate surface area is 185 Å². The number of esters is 1. The van der Waals surface area contributed by atoms with Gasteiger partial charge in [0.2, 0.25) is 5.78 Å². The number of ether oxygens (including phenoxy) is 4. The minimum absolute atomic E-state index is 0.122. The molecule has 0 saturated heterocycles. The van der Waals surface area contributed by atoms with Crippen molar-refractivity contribution in [2.24, 2.45) is 7.05 Å². The molecule has 0 atom stereocenters. The molecular weight excluding hydrogens is 410 g/mol. The molecule has 3 aromatic rings. The lowest BCUT2D eigenvalue weighted by Crippen LogP contribution is -2.15. The van der Waals surface area contributed by atoms with Gasteiger partial charge >= 0.3 is 5.97 Å². The van der Waals surface area contributed by atoms with Crippen molar-refractivity contribution in [2.45, 2.75) is 6.92 Å². The van der Waals surface area contributed by atoms with E-state index in [1.54, 1.807) is 32.2 Å². The first-order chi connectivity index (χ1) is 15.4. The number of fused-ring (bicyclic) bond motifs is 2. The van der Waals surface area contributed by atoms with Gasteiger partial charge in [-0.15, -0.1) is 0 Å². The molecule has 0 unspecified atom stereocenters. The molecule has 0 aliphatic carbocycles. The summed E-state index contributed by atoms with van der Waals surface area (Å²) >= 11 is 0. The minimum atomic E-state index is -0.506. The van der Waals surface area contributed by atoms with Gasteiger partial charge in [-0.2, -0.15) is 0 Å². The fraction of sp³-hybridized carbons (Fsp3) is 0.200. The van der Waals surface area contributed by atoms with E-state index in [1.807, 2.05) is 36.0 Å². The second-order valence-corrected chi connectivity index (χ2v) is 7.34. The zero-order valence-electron chi connectivity index (χ0n) is 18.1. The maximum absolute atomic E-state index is 13.0. The number of benzene rings is 2. The van der Waals surface area contributed by atoms with Crippen molar-refractivity contribution in [3.8, 4) is 17.2 Å². The number of aromatic nitrogens is 1. The molecule has 1 aliphatic heterocycles. The van der Waals surface area contributed by atoms with Gasteiger partial charge in [0.15, 0.2) is 12.4 Å². The van der Waals surface area contributed by atoms with Gasteiger partial charge in [0, 0.05) is 35.3 Å². The first-order valence-corrected chi connectivity index (χ1v) is 10.0. The molecule has 2 aromatic carbocycles. The van der Waals surface area contributed by atoms with Gasteiger partial charge in [-0.25, -0.2) is 4.79 Å². The third kappa shape index (κ3) is 3.85. The van der Waals surface area contributed by atoms with Crippen molar-refractivity contribution >= 4 is 28.7 Å². The first kappa shape index (κ1) is 21.2. The van der Waals surface area contributed by atoms with E-state index >= 15 is 0 Å². The first-order valence-electron chi connectivity index (χ1n) is 10.0. The Morgan fingerprint density at radius 1 is 1.25 bits per heavy atom. The zero-order valence-corrected chi connectivity index (χ0v) is 18.1. The summed E-state index contributed by atoms with van der Waals surface area (Å²) in [4.78, 5) is 24.6. The third-order valence-corrected chi connectivity index (χ3v) is 5.26. The van der Waals surface area contributed by atoms with Crippen LogP contribution in [0.4, 0.5) is 0 Å². The lowest BCUT2D eigenvalue weighted by Gasteiger charge is -2.10. The van der Waals surface area contributed by atoms with Crippen molar-refractivity contribution in [3.05, 3.63) is 71.6 Å². The van der Waals surface area contributed by atoms with Crippen LogP contribution in [-0.4, -0.2) is 36.6 Å². The molecule has 2 heterocycles. The third-order valence-electron chi connectivity index (χ3n) is 5.26. The van der Waals surface area contributed by atoms with E-state index in [9.17, 15) is 9.59 Å². The standard InChI is InChI=1S/C25H23NO6/c1-5-10-30-23(27)14-31-21-9-7-18-24(28)22(32-25(18)15(21)2)11-16-13-26(3)20-8-6-17(29-4)12-19(16)20/h5-9,11-13H,1,10,14H2,2-4H3/b22-11-. The van der Waals surface area contributed by atoms with Crippen molar-refractivity contribution < 1.29 is 28.5 Å².